The van der Waals surface area contributed by atoms with Crippen molar-refractivity contribution in [2.24, 2.45) is 0 Å². The van der Waals surface area contributed by atoms with Gasteiger partial charge in [-0.15, -0.1) is 0 Å². The number of rotatable bonds is 40. The highest BCUT2D eigenvalue weighted by molar-refractivity contribution is 8.05. The molecule has 598 valence electrons. The molecule has 0 atom stereocenters. The van der Waals surface area contributed by atoms with E-state index >= 15 is 0 Å². The van der Waals surface area contributed by atoms with Crippen LogP contribution < -0.4 is 12.4 Å². The molecule has 1 aliphatic rings. The van der Waals surface area contributed by atoms with Crippen LogP contribution in [0.25, 0.3) is 0 Å². The van der Waals surface area contributed by atoms with E-state index in [1.807, 2.05) is 9.80 Å². The summed E-state index contributed by atoms with van der Waals surface area (Å²) in [6, 6.07) is 46.8. The largest absolute Gasteiger partial charge is 1.00 e. The molecule has 110 heavy (non-hydrogen) atoms. The molecule has 0 bridgehead atoms. The van der Waals surface area contributed by atoms with E-state index in [-0.39, 0.29) is 103 Å². The molecule has 1 fully saturated rings. The standard InChI is InChI=1S/C78H100N7O16S8.ClH/c1-63-17-33-71(34-18-63)102(86,87)81(103(88,89)72-35-19-64(2)20-36-72)55-11-49-79(50-12-56-82(104(90,91)73-37-21-65(3)22-38-73)105(92,93)74-39-23-66(4)24-40-74)53-15-61-85(59-9-10-60-85)62-16-54-80(51-13-57-83(106(94,95)75-41-25-67(5)26-42-75)107(96,97)76-43-27-68(6)28-44-76)52-14-58-84(108(98,99)77-45-29-69(7)30-46-77)109(100,101)78-47-31-70(8)32-48-78;/h17-48H,9-16,49-62H2,1-8H3;1H/q+1;/p-1. The summed E-state index contributed by atoms with van der Waals surface area (Å²) in [5.41, 5.74) is 5.99. The van der Waals surface area contributed by atoms with Gasteiger partial charge < -0.3 is 26.7 Å². The molecule has 23 nitrogen and oxygen atoms in total. The molecule has 0 aromatic heterocycles. The summed E-state index contributed by atoms with van der Waals surface area (Å²) in [5, 5.41) is 0. The molecule has 0 unspecified atom stereocenters. The normalized spacial score (nSPS) is 14.1. The molecule has 32 heteroatoms. The fourth-order valence-corrected chi connectivity index (χ4v) is 28.2. The molecule has 1 heterocycles. The van der Waals surface area contributed by atoms with Crippen molar-refractivity contribution in [3.63, 3.8) is 0 Å². The molecule has 0 spiro atoms. The van der Waals surface area contributed by atoms with Crippen molar-refractivity contribution in [2.75, 3.05) is 91.6 Å². The number of halogens is 1. The average molecular weight is 1680 g/mol. The van der Waals surface area contributed by atoms with Crippen LogP contribution in [0.1, 0.15) is 95.9 Å². The SMILES string of the molecule is Cc1ccc(S(=O)(=O)N(CCCN(CCCN(S(=O)(=O)c2ccc(C)cc2)S(=O)(=O)c2ccc(C)cc2)CCC[N+]2(CCCN(CCCN(S(=O)(=O)c3ccc(C)cc3)S(=O)(=O)c3ccc(C)cc3)CCCN(S(=O)(=O)c3ccc(C)cc3)S(=O)(=O)c3ccc(C)cc3)CCCC2)S(=O)(=O)c2ccc(C)cc2)cc1.[Cl-]. The summed E-state index contributed by atoms with van der Waals surface area (Å²) in [4.78, 5) is 2.02. The van der Waals surface area contributed by atoms with E-state index in [4.69, 9.17) is 0 Å². The molecule has 1 saturated heterocycles. The Hall–Kier alpha value is -6.63. The summed E-state index contributed by atoms with van der Waals surface area (Å²) in [6.07, 6.45) is 2.59. The molecule has 0 amide bonds. The third-order valence-corrected chi connectivity index (χ3v) is 37.1. The van der Waals surface area contributed by atoms with Crippen molar-refractivity contribution in [1.82, 2.24) is 24.6 Å². The number of nitrogens with zero attached hydrogens (tertiary/aromatic N) is 7. The molecule has 0 aliphatic carbocycles. The second-order valence-electron chi connectivity index (χ2n) is 28.3. The molecule has 1 aliphatic heterocycles. The summed E-state index contributed by atoms with van der Waals surface area (Å²) in [7, 11) is -37.7. The van der Waals surface area contributed by atoms with Crippen LogP contribution in [0, 0.1) is 55.4 Å². The van der Waals surface area contributed by atoms with Gasteiger partial charge in [-0.05, 0) is 204 Å². The number of benzene rings is 8. The van der Waals surface area contributed by atoms with Gasteiger partial charge in [0, 0.05) is 65.0 Å². The number of hydrogen-bond donors (Lipinski definition) is 0. The van der Waals surface area contributed by atoms with Crippen LogP contribution in [0.4, 0.5) is 0 Å². The molecule has 0 N–H and O–H groups in total. The Morgan fingerprint density at radius 1 is 0.218 bits per heavy atom. The zero-order valence-electron chi connectivity index (χ0n) is 63.3. The Labute approximate surface area is 660 Å². The van der Waals surface area contributed by atoms with Crippen LogP contribution in [0.3, 0.4) is 0 Å². The monoisotopic (exact) mass is 1680 g/mol. The van der Waals surface area contributed by atoms with Crippen molar-refractivity contribution in [1.29, 1.82) is 0 Å². The highest BCUT2D eigenvalue weighted by atomic mass is 35.5. The number of aryl methyl sites for hydroxylation is 8. The highest BCUT2D eigenvalue weighted by Gasteiger charge is 2.42. The minimum atomic E-state index is -4.71. The van der Waals surface area contributed by atoms with Crippen molar-refractivity contribution in [3.05, 3.63) is 239 Å². The number of sulfonamides is 8. The van der Waals surface area contributed by atoms with Crippen LogP contribution >= 0.6 is 0 Å². The Balaban J connectivity index is 0.0000152. The Morgan fingerprint density at radius 2 is 0.355 bits per heavy atom. The van der Waals surface area contributed by atoms with E-state index < -0.39 is 106 Å². The van der Waals surface area contributed by atoms with Crippen LogP contribution in [0.2, 0.25) is 0 Å². The van der Waals surface area contributed by atoms with Gasteiger partial charge in [-0.25, -0.2) is 67.3 Å². The maximum Gasteiger partial charge on any atom is 0.256 e. The first-order chi connectivity index (χ1) is 51.3. The van der Waals surface area contributed by atoms with E-state index in [2.05, 4.69) is 0 Å². The molecular weight excluding hydrogens is 1580 g/mol. The highest BCUT2D eigenvalue weighted by Crippen LogP contribution is 2.32. The third kappa shape index (κ3) is 21.8. The summed E-state index contributed by atoms with van der Waals surface area (Å²) < 4.78 is 237. The van der Waals surface area contributed by atoms with Gasteiger partial charge in [0.1, 0.15) is 0 Å². The molecule has 0 saturated carbocycles. The van der Waals surface area contributed by atoms with Gasteiger partial charge in [0.2, 0.25) is 0 Å². The first-order valence-electron chi connectivity index (χ1n) is 36.3. The van der Waals surface area contributed by atoms with Gasteiger partial charge in [-0.1, -0.05) is 156 Å². The lowest BCUT2D eigenvalue weighted by atomic mass is 10.2. The summed E-state index contributed by atoms with van der Waals surface area (Å²) >= 11 is 0. The molecule has 0 radical (unpaired) electrons. The van der Waals surface area contributed by atoms with Gasteiger partial charge in [-0.3, -0.25) is 0 Å². The van der Waals surface area contributed by atoms with E-state index in [0.717, 1.165) is 70.4 Å². The molecule has 8 aromatic carbocycles. The lowest BCUT2D eigenvalue weighted by molar-refractivity contribution is -0.917. The second kappa shape index (κ2) is 37.6. The number of likely N-dealkylation sites (tertiary alicyclic amines) is 1. The van der Waals surface area contributed by atoms with Gasteiger partial charge in [0.15, 0.2) is 0 Å². The van der Waals surface area contributed by atoms with Crippen molar-refractivity contribution in [3.8, 4) is 0 Å². The van der Waals surface area contributed by atoms with Crippen LogP contribution in [0.15, 0.2) is 233 Å². The summed E-state index contributed by atoms with van der Waals surface area (Å²) in [5.74, 6) is 0. The first kappa shape index (κ1) is 88.9. The predicted molar refractivity (Wildman–Crippen MR) is 423 cm³/mol. The van der Waals surface area contributed by atoms with Gasteiger partial charge in [0.25, 0.3) is 80.2 Å². The average Bonchev–Trinajstić information content (AvgIpc) is 0.818. The predicted octanol–water partition coefficient (Wildman–Crippen LogP) is 8.33. The fraction of sp³-hybridized carbons (Fsp3) is 0.385. The first-order valence-corrected chi connectivity index (χ1v) is 47.8. The quantitative estimate of drug-likeness (QED) is 0.0326. The summed E-state index contributed by atoms with van der Waals surface area (Å²) in [6.45, 7) is 15.9. The van der Waals surface area contributed by atoms with Crippen molar-refractivity contribution in [2.45, 2.75) is 146 Å². The van der Waals surface area contributed by atoms with Crippen LogP contribution in [0.5, 0.6) is 0 Å². The smallest absolute Gasteiger partial charge is 0.256 e. The van der Waals surface area contributed by atoms with Gasteiger partial charge >= 0.3 is 0 Å². The maximum atomic E-state index is 14.6. The van der Waals surface area contributed by atoms with E-state index in [1.165, 1.54) is 97.1 Å². The van der Waals surface area contributed by atoms with E-state index in [1.54, 1.807) is 152 Å². The van der Waals surface area contributed by atoms with E-state index in [0.29, 0.717) is 58.3 Å². The van der Waals surface area contributed by atoms with Crippen molar-refractivity contribution >= 4 is 80.2 Å². The minimum Gasteiger partial charge on any atom is -1.00 e. The molecular formula is C78H100ClN7O16S8. The second-order valence-corrected chi connectivity index (χ2v) is 44.1. The van der Waals surface area contributed by atoms with Gasteiger partial charge in [-0.2, -0.15) is 0 Å². The lowest BCUT2D eigenvalue weighted by Crippen LogP contribution is -3.00. The number of quaternary nitrogens is 1. The van der Waals surface area contributed by atoms with E-state index in [9.17, 15) is 67.3 Å². The third-order valence-electron chi connectivity index (χ3n) is 19.7. The zero-order valence-corrected chi connectivity index (χ0v) is 70.6. The fourth-order valence-electron chi connectivity index (χ4n) is 13.3. The van der Waals surface area contributed by atoms with Crippen LogP contribution in [-0.2, 0) is 80.2 Å². The molecule has 9 rings (SSSR count). The Morgan fingerprint density at radius 3 is 0.500 bits per heavy atom. The Kier molecular flexibility index (Phi) is 30.4. The zero-order chi connectivity index (χ0) is 79.4. The maximum absolute atomic E-state index is 14.6. The lowest BCUT2D eigenvalue weighted by Gasteiger charge is -2.36. The van der Waals surface area contributed by atoms with Crippen LogP contribution in [-0.4, -0.2) is 188 Å². The number of hydrogen-bond acceptors (Lipinski definition) is 18. The van der Waals surface area contributed by atoms with Gasteiger partial charge in [0.05, 0.1) is 65.3 Å². The Bertz CT molecular complexity index is 4430. The van der Waals surface area contributed by atoms with Crippen molar-refractivity contribution < 1.29 is 84.2 Å². The minimum absolute atomic E-state index is 0. The topological polar surface area (TPSA) is 293 Å². The molecule has 8 aromatic rings.